The van der Waals surface area contributed by atoms with Crippen molar-refractivity contribution in [1.29, 1.82) is 0 Å². The zero-order valence-electron chi connectivity index (χ0n) is 8.68. The highest BCUT2D eigenvalue weighted by atomic mass is 28.3. The maximum absolute atomic E-state index is 9.90. The van der Waals surface area contributed by atoms with Crippen molar-refractivity contribution in [3.8, 4) is 0 Å². The highest BCUT2D eigenvalue weighted by Gasteiger charge is 2.33. The summed E-state index contributed by atoms with van der Waals surface area (Å²) >= 11 is 0. The second-order valence-corrected chi connectivity index (χ2v) is 9.15. The van der Waals surface area contributed by atoms with Crippen LogP contribution in [-0.2, 0) is 0 Å². The maximum atomic E-state index is 9.90. The zero-order chi connectivity index (χ0) is 9.99. The van der Waals surface area contributed by atoms with E-state index in [1.165, 1.54) is 0 Å². The molecular weight excluding hydrogens is 166 g/mol. The van der Waals surface area contributed by atoms with Gasteiger partial charge in [-0.05, 0) is 6.92 Å². The second-order valence-electron chi connectivity index (χ2n) is 4.17. The lowest BCUT2D eigenvalue weighted by Gasteiger charge is -2.29. The Morgan fingerprint density at radius 1 is 1.50 bits per heavy atom. The molecule has 0 aromatic carbocycles. The molecule has 0 fully saturated rings. The summed E-state index contributed by atoms with van der Waals surface area (Å²) in [4.78, 5) is 4.16. The summed E-state index contributed by atoms with van der Waals surface area (Å²) in [5.74, 6) is 0. The highest BCUT2D eigenvalue weighted by Crippen LogP contribution is 2.17. The van der Waals surface area contributed by atoms with Gasteiger partial charge in [-0.3, -0.25) is 4.99 Å². The van der Waals surface area contributed by atoms with Gasteiger partial charge in [-0.2, -0.15) is 0 Å². The van der Waals surface area contributed by atoms with Gasteiger partial charge >= 0.3 is 0 Å². The molecule has 70 valence electrons. The number of rotatable bonds is 3. The zero-order valence-corrected chi connectivity index (χ0v) is 9.68. The Balaban J connectivity index is 4.96. The molecule has 0 heterocycles. The third-order valence-electron chi connectivity index (χ3n) is 1.81. The minimum atomic E-state index is -1.51. The van der Waals surface area contributed by atoms with Gasteiger partial charge in [0.1, 0.15) is 5.60 Å². The largest absolute Gasteiger partial charge is 0.381 e. The summed E-state index contributed by atoms with van der Waals surface area (Å²) in [6.45, 7) is 11.8. The summed E-state index contributed by atoms with van der Waals surface area (Å²) in [7, 11) is 0.213. The molecule has 1 atom stereocenters. The van der Waals surface area contributed by atoms with Crippen LogP contribution in [0.15, 0.2) is 17.6 Å². The molecule has 0 aromatic rings. The highest BCUT2D eigenvalue weighted by molar-refractivity contribution is 7.05. The summed E-state index contributed by atoms with van der Waals surface area (Å²) in [5.41, 5.74) is -0.931. The molecule has 1 N–H and O–H groups in total. The van der Waals surface area contributed by atoms with E-state index in [2.05, 4.69) is 31.2 Å². The summed E-state index contributed by atoms with van der Waals surface area (Å²) < 4.78 is 0. The Bertz CT molecular complexity index is 201. The van der Waals surface area contributed by atoms with E-state index in [9.17, 15) is 5.11 Å². The standard InChI is InChI=1S/C9H19NOSi/c1-7-9(2,11)8(10-3)12(4,5)6/h7,11H,1H2,2-6H3. The van der Waals surface area contributed by atoms with Crippen LogP contribution in [0.1, 0.15) is 6.92 Å². The quantitative estimate of drug-likeness (QED) is 0.406. The van der Waals surface area contributed by atoms with E-state index >= 15 is 0 Å². The molecule has 12 heavy (non-hydrogen) atoms. The van der Waals surface area contributed by atoms with Crippen molar-refractivity contribution in [2.45, 2.75) is 32.2 Å². The first-order chi connectivity index (χ1) is 5.25. The Morgan fingerprint density at radius 3 is 2.00 bits per heavy atom. The first-order valence-electron chi connectivity index (χ1n) is 4.09. The Kier molecular flexibility index (Phi) is 3.41. The fourth-order valence-electron chi connectivity index (χ4n) is 1.42. The summed E-state index contributed by atoms with van der Waals surface area (Å²) in [6, 6.07) is 0. The molecule has 0 bridgehead atoms. The van der Waals surface area contributed by atoms with Gasteiger partial charge in [-0.1, -0.05) is 32.3 Å². The van der Waals surface area contributed by atoms with Crippen LogP contribution in [0.25, 0.3) is 0 Å². The van der Waals surface area contributed by atoms with Crippen molar-refractivity contribution >= 4 is 13.4 Å². The third-order valence-corrected chi connectivity index (χ3v) is 3.96. The van der Waals surface area contributed by atoms with Crippen LogP contribution in [0.4, 0.5) is 0 Å². The maximum Gasteiger partial charge on any atom is 0.113 e. The smallest absolute Gasteiger partial charge is 0.113 e. The Morgan fingerprint density at radius 2 is 1.92 bits per heavy atom. The van der Waals surface area contributed by atoms with Crippen LogP contribution in [-0.4, -0.2) is 31.2 Å². The molecule has 0 amide bonds. The average Bonchev–Trinajstić information content (AvgIpc) is 1.85. The van der Waals surface area contributed by atoms with Gasteiger partial charge in [-0.25, -0.2) is 0 Å². The lowest BCUT2D eigenvalue weighted by atomic mass is 10.1. The minimum absolute atomic E-state index is 0.894. The molecule has 0 saturated carbocycles. The van der Waals surface area contributed by atoms with E-state index in [1.54, 1.807) is 20.0 Å². The summed E-state index contributed by atoms with van der Waals surface area (Å²) in [6.07, 6.45) is 1.55. The third kappa shape index (κ3) is 2.57. The van der Waals surface area contributed by atoms with Gasteiger partial charge in [0, 0.05) is 12.4 Å². The Labute approximate surface area is 76.0 Å². The van der Waals surface area contributed by atoms with Gasteiger partial charge in [0.15, 0.2) is 0 Å². The van der Waals surface area contributed by atoms with Gasteiger partial charge in [0.05, 0.1) is 8.07 Å². The van der Waals surface area contributed by atoms with E-state index in [0.29, 0.717) is 0 Å². The van der Waals surface area contributed by atoms with Crippen molar-refractivity contribution in [2.24, 2.45) is 4.99 Å². The first kappa shape index (κ1) is 11.6. The predicted octanol–water partition coefficient (Wildman–Crippen LogP) is 1.87. The molecule has 0 aliphatic rings. The molecule has 1 unspecified atom stereocenters. The molecule has 0 aliphatic carbocycles. The number of hydrogen-bond acceptors (Lipinski definition) is 2. The van der Waals surface area contributed by atoms with Gasteiger partial charge in [-0.15, -0.1) is 0 Å². The minimum Gasteiger partial charge on any atom is -0.381 e. The summed E-state index contributed by atoms with van der Waals surface area (Å²) in [5, 5.41) is 10.8. The fraction of sp³-hybridized carbons (Fsp3) is 0.667. The van der Waals surface area contributed by atoms with Gasteiger partial charge < -0.3 is 5.11 Å². The van der Waals surface area contributed by atoms with Crippen LogP contribution in [0.2, 0.25) is 19.6 Å². The van der Waals surface area contributed by atoms with Crippen LogP contribution in [0, 0.1) is 0 Å². The van der Waals surface area contributed by atoms with Crippen molar-refractivity contribution in [2.75, 3.05) is 7.05 Å². The predicted molar refractivity (Wildman–Crippen MR) is 57.5 cm³/mol. The SMILES string of the molecule is C=CC(C)(O)C(=NC)[Si](C)(C)C. The van der Waals surface area contributed by atoms with Crippen LogP contribution in [0.5, 0.6) is 0 Å². The van der Waals surface area contributed by atoms with Crippen molar-refractivity contribution in [1.82, 2.24) is 0 Å². The van der Waals surface area contributed by atoms with Crippen LogP contribution < -0.4 is 0 Å². The van der Waals surface area contributed by atoms with Gasteiger partial charge in [0.2, 0.25) is 0 Å². The van der Waals surface area contributed by atoms with Crippen LogP contribution in [0.3, 0.4) is 0 Å². The fourth-order valence-corrected chi connectivity index (χ4v) is 3.71. The average molecular weight is 185 g/mol. The lowest BCUT2D eigenvalue weighted by Crippen LogP contribution is -2.48. The van der Waals surface area contributed by atoms with Crippen molar-refractivity contribution in [3.63, 3.8) is 0 Å². The lowest BCUT2D eigenvalue weighted by molar-refractivity contribution is 0.187. The number of hydrogen-bond donors (Lipinski definition) is 1. The Hall–Kier alpha value is -0.413. The molecule has 0 aromatic heterocycles. The number of aliphatic hydroxyl groups is 1. The molecule has 0 aliphatic heterocycles. The number of nitrogens with zero attached hydrogens (tertiary/aromatic N) is 1. The molecule has 0 spiro atoms. The van der Waals surface area contributed by atoms with Crippen LogP contribution >= 0.6 is 0 Å². The molecule has 0 radical (unpaired) electrons. The van der Waals surface area contributed by atoms with E-state index in [0.717, 1.165) is 5.33 Å². The van der Waals surface area contributed by atoms with E-state index in [1.807, 2.05) is 0 Å². The normalized spacial score (nSPS) is 18.7. The molecule has 0 saturated heterocycles. The monoisotopic (exact) mass is 185 g/mol. The second kappa shape index (κ2) is 3.54. The topological polar surface area (TPSA) is 32.6 Å². The van der Waals surface area contributed by atoms with Crippen molar-refractivity contribution in [3.05, 3.63) is 12.7 Å². The van der Waals surface area contributed by atoms with E-state index in [4.69, 9.17) is 0 Å². The molecule has 2 nitrogen and oxygen atoms in total. The molecule has 3 heteroatoms. The molecular formula is C9H19NOSi. The first-order valence-corrected chi connectivity index (χ1v) is 7.59. The molecule has 0 rings (SSSR count). The van der Waals surface area contributed by atoms with Crippen molar-refractivity contribution < 1.29 is 5.11 Å². The van der Waals surface area contributed by atoms with E-state index < -0.39 is 13.7 Å². The number of aliphatic imine (C=N–C) groups is 1. The van der Waals surface area contributed by atoms with E-state index in [-0.39, 0.29) is 0 Å². The van der Waals surface area contributed by atoms with Gasteiger partial charge in [0.25, 0.3) is 0 Å².